The molecule has 1 aromatic rings. The number of halogens is 1. The fourth-order valence-electron chi connectivity index (χ4n) is 0.954. The zero-order valence-electron chi connectivity index (χ0n) is 6.08. The van der Waals surface area contributed by atoms with Gasteiger partial charge in [-0.2, -0.15) is 0 Å². The molecule has 64 valence electrons. The highest BCUT2D eigenvalue weighted by molar-refractivity contribution is 9.11. The van der Waals surface area contributed by atoms with E-state index < -0.39 is 5.97 Å². The number of carbonyl (C=O) groups is 1. The van der Waals surface area contributed by atoms with E-state index in [-0.39, 0.29) is 5.69 Å². The molecule has 0 saturated heterocycles. The van der Waals surface area contributed by atoms with Gasteiger partial charge in [0.15, 0.2) is 5.69 Å². The first-order valence-corrected chi connectivity index (χ1v) is 5.19. The van der Waals surface area contributed by atoms with E-state index in [1.54, 1.807) is 0 Å². The number of aromatic carboxylic acids is 1. The van der Waals surface area contributed by atoms with Gasteiger partial charge in [-0.25, -0.2) is 9.78 Å². The summed E-state index contributed by atoms with van der Waals surface area (Å²) < 4.78 is 0.636. The Balaban J connectivity index is 2.36. The van der Waals surface area contributed by atoms with Crippen molar-refractivity contribution >= 4 is 33.2 Å². The Morgan fingerprint density at radius 2 is 2.33 bits per heavy atom. The third-order valence-electron chi connectivity index (χ3n) is 1.73. The SMILES string of the molecule is O=C(O)c1nc(C2CC2)sc1Br. The van der Waals surface area contributed by atoms with Crippen molar-refractivity contribution in [3.63, 3.8) is 0 Å². The van der Waals surface area contributed by atoms with Gasteiger partial charge >= 0.3 is 5.97 Å². The van der Waals surface area contributed by atoms with Crippen LogP contribution in [-0.4, -0.2) is 16.1 Å². The van der Waals surface area contributed by atoms with Crippen LogP contribution in [0.5, 0.6) is 0 Å². The molecule has 0 spiro atoms. The summed E-state index contributed by atoms with van der Waals surface area (Å²) in [5.74, 6) is -0.426. The van der Waals surface area contributed by atoms with Crippen molar-refractivity contribution in [1.29, 1.82) is 0 Å². The average Bonchev–Trinajstić information content (AvgIpc) is 2.75. The molecule has 0 aromatic carbocycles. The second-order valence-electron chi connectivity index (χ2n) is 2.75. The summed E-state index contributed by atoms with van der Waals surface area (Å²) in [6.45, 7) is 0. The summed E-state index contributed by atoms with van der Waals surface area (Å²) in [4.78, 5) is 14.6. The highest BCUT2D eigenvalue weighted by atomic mass is 79.9. The second kappa shape index (κ2) is 2.81. The number of nitrogens with zero attached hydrogens (tertiary/aromatic N) is 1. The van der Waals surface area contributed by atoms with E-state index in [9.17, 15) is 4.79 Å². The van der Waals surface area contributed by atoms with Crippen molar-refractivity contribution in [3.8, 4) is 0 Å². The first-order chi connectivity index (χ1) is 5.68. The van der Waals surface area contributed by atoms with Gasteiger partial charge in [0, 0.05) is 5.92 Å². The van der Waals surface area contributed by atoms with E-state index >= 15 is 0 Å². The third-order valence-corrected chi connectivity index (χ3v) is 3.60. The van der Waals surface area contributed by atoms with Gasteiger partial charge < -0.3 is 5.11 Å². The molecule has 3 nitrogen and oxygen atoms in total. The summed E-state index contributed by atoms with van der Waals surface area (Å²) in [5, 5.41) is 9.65. The predicted molar refractivity (Wildman–Crippen MR) is 48.7 cm³/mol. The Labute approximate surface area is 81.6 Å². The summed E-state index contributed by atoms with van der Waals surface area (Å²) in [6, 6.07) is 0. The maximum Gasteiger partial charge on any atom is 0.356 e. The largest absolute Gasteiger partial charge is 0.476 e. The molecule has 0 atom stereocenters. The fourth-order valence-corrected chi connectivity index (χ4v) is 2.66. The Bertz CT molecular complexity index is 332. The maximum atomic E-state index is 10.6. The molecular formula is C7H6BrNO2S. The van der Waals surface area contributed by atoms with Crippen LogP contribution in [0.15, 0.2) is 3.79 Å². The molecule has 1 aromatic heterocycles. The first-order valence-electron chi connectivity index (χ1n) is 3.58. The number of carboxylic acids is 1. The van der Waals surface area contributed by atoms with E-state index in [0.29, 0.717) is 9.70 Å². The number of carboxylic acid groups (broad SMARTS) is 1. The zero-order chi connectivity index (χ0) is 8.72. The molecule has 1 heterocycles. The standard InChI is InChI=1S/C7H6BrNO2S/c8-5-4(7(10)11)9-6(12-5)3-1-2-3/h3H,1-2H2,(H,10,11). The van der Waals surface area contributed by atoms with E-state index in [0.717, 1.165) is 17.8 Å². The maximum absolute atomic E-state index is 10.6. The average molecular weight is 248 g/mol. The van der Waals surface area contributed by atoms with Crippen LogP contribution in [-0.2, 0) is 0 Å². The third kappa shape index (κ3) is 1.38. The van der Waals surface area contributed by atoms with E-state index in [1.165, 1.54) is 11.3 Å². The number of thiazole rings is 1. The molecule has 2 rings (SSSR count). The minimum atomic E-state index is -0.954. The van der Waals surface area contributed by atoms with Crippen LogP contribution in [0.25, 0.3) is 0 Å². The molecule has 0 unspecified atom stereocenters. The topological polar surface area (TPSA) is 50.2 Å². The summed E-state index contributed by atoms with van der Waals surface area (Å²) in [5.41, 5.74) is 0.155. The lowest BCUT2D eigenvalue weighted by atomic mass is 10.4. The van der Waals surface area contributed by atoms with Crippen molar-refractivity contribution in [2.45, 2.75) is 18.8 Å². The van der Waals surface area contributed by atoms with Gasteiger partial charge in [0.1, 0.15) is 3.79 Å². The molecule has 0 aliphatic heterocycles. The number of hydrogen-bond acceptors (Lipinski definition) is 3. The van der Waals surface area contributed by atoms with Crippen molar-refractivity contribution < 1.29 is 9.90 Å². The molecule has 1 N–H and O–H groups in total. The lowest BCUT2D eigenvalue weighted by Crippen LogP contribution is -1.97. The van der Waals surface area contributed by atoms with Crippen LogP contribution in [0, 0.1) is 0 Å². The Morgan fingerprint density at radius 1 is 1.67 bits per heavy atom. The summed E-state index contributed by atoms with van der Waals surface area (Å²) >= 11 is 4.63. The van der Waals surface area contributed by atoms with E-state index in [4.69, 9.17) is 5.11 Å². The minimum Gasteiger partial charge on any atom is -0.476 e. The molecule has 0 bridgehead atoms. The van der Waals surface area contributed by atoms with Crippen molar-refractivity contribution in [2.24, 2.45) is 0 Å². The lowest BCUT2D eigenvalue weighted by molar-refractivity contribution is 0.0690. The summed E-state index contributed by atoms with van der Waals surface area (Å²) in [7, 11) is 0. The Hall–Kier alpha value is -0.420. The van der Waals surface area contributed by atoms with E-state index in [1.807, 2.05) is 0 Å². The van der Waals surface area contributed by atoms with Gasteiger partial charge in [-0.1, -0.05) is 0 Å². The lowest BCUT2D eigenvalue weighted by Gasteiger charge is -1.84. The quantitative estimate of drug-likeness (QED) is 0.874. The molecule has 5 heteroatoms. The van der Waals surface area contributed by atoms with E-state index in [2.05, 4.69) is 20.9 Å². The summed E-state index contributed by atoms with van der Waals surface area (Å²) in [6.07, 6.45) is 2.30. The van der Waals surface area contributed by atoms with Crippen LogP contribution < -0.4 is 0 Å². The number of hydrogen-bond donors (Lipinski definition) is 1. The Morgan fingerprint density at radius 3 is 2.75 bits per heavy atom. The van der Waals surface area contributed by atoms with Crippen LogP contribution >= 0.6 is 27.3 Å². The number of rotatable bonds is 2. The smallest absolute Gasteiger partial charge is 0.356 e. The van der Waals surface area contributed by atoms with Gasteiger partial charge in [-0.05, 0) is 28.8 Å². The first kappa shape index (κ1) is 8.19. The van der Waals surface area contributed by atoms with Crippen LogP contribution in [0.3, 0.4) is 0 Å². The molecule has 1 aliphatic rings. The monoisotopic (exact) mass is 247 g/mol. The normalized spacial score (nSPS) is 16.4. The van der Waals surface area contributed by atoms with Crippen molar-refractivity contribution in [1.82, 2.24) is 4.98 Å². The Kier molecular flexibility index (Phi) is 1.92. The molecule has 0 amide bonds. The fraction of sp³-hybridized carbons (Fsp3) is 0.429. The van der Waals surface area contributed by atoms with Gasteiger partial charge in [-0.15, -0.1) is 11.3 Å². The molecule has 1 aliphatic carbocycles. The van der Waals surface area contributed by atoms with Gasteiger partial charge in [0.2, 0.25) is 0 Å². The number of aromatic nitrogens is 1. The minimum absolute atomic E-state index is 0.155. The van der Waals surface area contributed by atoms with Crippen LogP contribution in [0.4, 0.5) is 0 Å². The molecular weight excluding hydrogens is 242 g/mol. The zero-order valence-corrected chi connectivity index (χ0v) is 8.48. The highest BCUT2D eigenvalue weighted by Crippen LogP contribution is 2.43. The van der Waals surface area contributed by atoms with Crippen LogP contribution in [0.2, 0.25) is 0 Å². The van der Waals surface area contributed by atoms with Gasteiger partial charge in [0.05, 0.1) is 5.01 Å². The predicted octanol–water partition coefficient (Wildman–Crippen LogP) is 2.48. The molecule has 12 heavy (non-hydrogen) atoms. The van der Waals surface area contributed by atoms with Gasteiger partial charge in [0.25, 0.3) is 0 Å². The second-order valence-corrected chi connectivity index (χ2v) is 5.10. The molecule has 1 saturated carbocycles. The van der Waals surface area contributed by atoms with Crippen LogP contribution in [0.1, 0.15) is 34.3 Å². The molecule has 0 radical (unpaired) electrons. The molecule has 1 fully saturated rings. The van der Waals surface area contributed by atoms with Crippen molar-refractivity contribution in [2.75, 3.05) is 0 Å². The highest BCUT2D eigenvalue weighted by Gasteiger charge is 2.29. The van der Waals surface area contributed by atoms with Crippen molar-refractivity contribution in [3.05, 3.63) is 14.5 Å². The van der Waals surface area contributed by atoms with Gasteiger partial charge in [-0.3, -0.25) is 0 Å².